The van der Waals surface area contributed by atoms with Gasteiger partial charge in [0.2, 0.25) is 0 Å². The molecule has 4 heteroatoms. The Bertz CT molecular complexity index is 224. The molecule has 0 saturated carbocycles. The Labute approximate surface area is 97.6 Å². The molecule has 16 heavy (non-hydrogen) atoms. The second-order valence-corrected chi connectivity index (χ2v) is 5.37. The third-order valence-corrected chi connectivity index (χ3v) is 2.80. The third kappa shape index (κ3) is 3.76. The van der Waals surface area contributed by atoms with E-state index in [9.17, 15) is 15.0 Å². The van der Waals surface area contributed by atoms with Crippen LogP contribution in [0.1, 0.15) is 47.5 Å². The Kier molecular flexibility index (Phi) is 5.42. The highest BCUT2D eigenvalue weighted by Crippen LogP contribution is 2.32. The number of aliphatic hydroxyl groups is 2. The van der Waals surface area contributed by atoms with Gasteiger partial charge in [0.05, 0.1) is 6.61 Å². The number of hydrogen-bond donors (Lipinski definition) is 2. The maximum atomic E-state index is 11.9. The number of hydrogen-bond acceptors (Lipinski definition) is 4. The normalized spacial score (nSPS) is 13.0. The van der Waals surface area contributed by atoms with Crippen molar-refractivity contribution in [2.45, 2.75) is 53.8 Å². The summed E-state index contributed by atoms with van der Waals surface area (Å²) in [7, 11) is 0. The second kappa shape index (κ2) is 5.64. The predicted octanol–water partition coefficient (Wildman–Crippen LogP) is 1.69. The van der Waals surface area contributed by atoms with Gasteiger partial charge in [0.15, 0.2) is 6.29 Å². The molecule has 0 heterocycles. The van der Waals surface area contributed by atoms with E-state index in [4.69, 9.17) is 4.74 Å². The fraction of sp³-hybridized carbons (Fsp3) is 0.917. The Hall–Kier alpha value is -0.610. The zero-order valence-corrected chi connectivity index (χ0v) is 10.9. The molecule has 0 aromatic rings. The molecule has 0 saturated heterocycles. The first-order valence-corrected chi connectivity index (χ1v) is 5.73. The van der Waals surface area contributed by atoms with Crippen molar-refractivity contribution in [3.05, 3.63) is 0 Å². The molecule has 0 spiro atoms. The zero-order chi connectivity index (χ0) is 13.0. The van der Waals surface area contributed by atoms with Gasteiger partial charge >= 0.3 is 5.97 Å². The van der Waals surface area contributed by atoms with Gasteiger partial charge < -0.3 is 14.9 Å². The first-order chi connectivity index (χ1) is 7.19. The lowest BCUT2D eigenvalue weighted by Crippen LogP contribution is -2.43. The van der Waals surface area contributed by atoms with Crippen LogP contribution in [-0.2, 0) is 9.53 Å². The maximum Gasteiger partial charge on any atom is 0.317 e. The first-order valence-electron chi connectivity index (χ1n) is 5.73. The summed E-state index contributed by atoms with van der Waals surface area (Å²) < 4.78 is 5.16. The van der Waals surface area contributed by atoms with Crippen LogP contribution in [0, 0.1) is 10.8 Å². The van der Waals surface area contributed by atoms with E-state index in [0.29, 0.717) is 12.8 Å². The van der Waals surface area contributed by atoms with Crippen molar-refractivity contribution in [1.82, 2.24) is 0 Å². The molecular weight excluding hydrogens is 208 g/mol. The van der Waals surface area contributed by atoms with E-state index in [2.05, 4.69) is 0 Å². The maximum absolute atomic E-state index is 11.9. The van der Waals surface area contributed by atoms with E-state index >= 15 is 0 Å². The number of carbonyl (C=O) groups is 1. The van der Waals surface area contributed by atoms with Crippen LogP contribution < -0.4 is 0 Å². The standard InChI is InChI=1S/C12H24O4/c1-6-12(7-2,9(13)14)10(15)16-8-11(3,4)5/h9,13-14H,6-8H2,1-5H3. The fourth-order valence-corrected chi connectivity index (χ4v) is 1.44. The van der Waals surface area contributed by atoms with Gasteiger partial charge in [0, 0.05) is 0 Å². The lowest BCUT2D eigenvalue weighted by Gasteiger charge is -2.32. The van der Waals surface area contributed by atoms with Gasteiger partial charge in [0.1, 0.15) is 5.41 Å². The molecule has 0 radical (unpaired) electrons. The number of rotatable bonds is 5. The van der Waals surface area contributed by atoms with Crippen molar-refractivity contribution >= 4 is 5.97 Å². The van der Waals surface area contributed by atoms with Crippen molar-refractivity contribution in [1.29, 1.82) is 0 Å². The topological polar surface area (TPSA) is 66.8 Å². The quantitative estimate of drug-likeness (QED) is 0.559. The summed E-state index contributed by atoms with van der Waals surface area (Å²) in [4.78, 5) is 11.9. The lowest BCUT2D eigenvalue weighted by molar-refractivity contribution is -0.190. The average Bonchev–Trinajstić information content (AvgIpc) is 2.16. The number of carbonyl (C=O) groups excluding carboxylic acids is 1. The Morgan fingerprint density at radius 2 is 1.62 bits per heavy atom. The monoisotopic (exact) mass is 232 g/mol. The van der Waals surface area contributed by atoms with Crippen LogP contribution in [0.25, 0.3) is 0 Å². The van der Waals surface area contributed by atoms with Crippen LogP contribution >= 0.6 is 0 Å². The summed E-state index contributed by atoms with van der Waals surface area (Å²) in [6.07, 6.45) is -0.969. The van der Waals surface area contributed by atoms with Gasteiger partial charge in [-0.15, -0.1) is 0 Å². The van der Waals surface area contributed by atoms with E-state index in [-0.39, 0.29) is 12.0 Å². The van der Waals surface area contributed by atoms with Gasteiger partial charge in [-0.05, 0) is 18.3 Å². The highest BCUT2D eigenvalue weighted by Gasteiger charge is 2.43. The summed E-state index contributed by atoms with van der Waals surface area (Å²) in [6, 6.07) is 0. The van der Waals surface area contributed by atoms with Crippen LogP contribution in [0.2, 0.25) is 0 Å². The lowest BCUT2D eigenvalue weighted by atomic mass is 9.81. The largest absolute Gasteiger partial charge is 0.465 e. The SMILES string of the molecule is CCC(CC)(C(=O)OCC(C)(C)C)C(O)O. The summed E-state index contributed by atoms with van der Waals surface area (Å²) in [5.74, 6) is -0.526. The summed E-state index contributed by atoms with van der Waals surface area (Å²) in [5.41, 5.74) is -1.31. The molecule has 0 bridgehead atoms. The Morgan fingerprint density at radius 1 is 1.19 bits per heavy atom. The van der Waals surface area contributed by atoms with Crippen molar-refractivity contribution in [3.8, 4) is 0 Å². The number of ether oxygens (including phenoxy) is 1. The van der Waals surface area contributed by atoms with E-state index in [0.717, 1.165) is 0 Å². The molecule has 0 rings (SSSR count). The van der Waals surface area contributed by atoms with Crippen molar-refractivity contribution < 1.29 is 19.7 Å². The van der Waals surface area contributed by atoms with E-state index in [1.807, 2.05) is 20.8 Å². The highest BCUT2D eigenvalue weighted by molar-refractivity contribution is 5.77. The minimum Gasteiger partial charge on any atom is -0.465 e. The van der Waals surface area contributed by atoms with Gasteiger partial charge in [-0.3, -0.25) is 4.79 Å². The fourth-order valence-electron chi connectivity index (χ4n) is 1.44. The molecule has 0 aliphatic heterocycles. The molecular formula is C12H24O4. The molecule has 2 N–H and O–H groups in total. The molecule has 0 aliphatic carbocycles. The molecule has 0 aromatic carbocycles. The minimum absolute atomic E-state index is 0.122. The minimum atomic E-state index is -1.67. The van der Waals surface area contributed by atoms with Crippen LogP contribution in [0.3, 0.4) is 0 Å². The Morgan fingerprint density at radius 3 is 1.88 bits per heavy atom. The molecule has 0 aliphatic rings. The molecule has 0 aromatic heterocycles. The highest BCUT2D eigenvalue weighted by atomic mass is 16.5. The van der Waals surface area contributed by atoms with Gasteiger partial charge in [-0.1, -0.05) is 34.6 Å². The van der Waals surface area contributed by atoms with E-state index < -0.39 is 17.7 Å². The van der Waals surface area contributed by atoms with Crippen LogP contribution in [0.5, 0.6) is 0 Å². The smallest absolute Gasteiger partial charge is 0.317 e. The van der Waals surface area contributed by atoms with Crippen LogP contribution in [0.4, 0.5) is 0 Å². The molecule has 4 nitrogen and oxygen atoms in total. The summed E-state index contributed by atoms with van der Waals surface area (Å²) in [6.45, 7) is 9.64. The molecule has 96 valence electrons. The van der Waals surface area contributed by atoms with Crippen LogP contribution in [0.15, 0.2) is 0 Å². The van der Waals surface area contributed by atoms with Gasteiger partial charge in [0.25, 0.3) is 0 Å². The molecule has 0 atom stereocenters. The Balaban J connectivity index is 4.64. The van der Waals surface area contributed by atoms with E-state index in [1.54, 1.807) is 13.8 Å². The van der Waals surface area contributed by atoms with Gasteiger partial charge in [-0.2, -0.15) is 0 Å². The molecule has 0 amide bonds. The van der Waals surface area contributed by atoms with Gasteiger partial charge in [-0.25, -0.2) is 0 Å². The number of esters is 1. The van der Waals surface area contributed by atoms with Crippen molar-refractivity contribution in [3.63, 3.8) is 0 Å². The number of aliphatic hydroxyl groups excluding tert-OH is 1. The third-order valence-electron chi connectivity index (χ3n) is 2.80. The van der Waals surface area contributed by atoms with Crippen LogP contribution in [-0.4, -0.2) is 29.1 Å². The molecule has 0 fully saturated rings. The van der Waals surface area contributed by atoms with E-state index in [1.165, 1.54) is 0 Å². The second-order valence-electron chi connectivity index (χ2n) is 5.37. The average molecular weight is 232 g/mol. The van der Waals surface area contributed by atoms with Crippen molar-refractivity contribution in [2.24, 2.45) is 10.8 Å². The predicted molar refractivity (Wildman–Crippen MR) is 61.7 cm³/mol. The zero-order valence-electron chi connectivity index (χ0n) is 10.9. The van der Waals surface area contributed by atoms with Crippen molar-refractivity contribution in [2.75, 3.05) is 6.61 Å². The summed E-state index contributed by atoms with van der Waals surface area (Å²) in [5, 5.41) is 18.6. The first kappa shape index (κ1) is 15.4. The molecule has 0 unspecified atom stereocenters. The summed E-state index contributed by atoms with van der Waals surface area (Å²) >= 11 is 0.